The zero-order valence-electron chi connectivity index (χ0n) is 11.8. The lowest BCUT2D eigenvalue weighted by Gasteiger charge is -2.18. The van der Waals surface area contributed by atoms with Gasteiger partial charge in [-0.3, -0.25) is 4.79 Å². The van der Waals surface area contributed by atoms with Crippen molar-refractivity contribution in [2.24, 2.45) is 0 Å². The highest BCUT2D eigenvalue weighted by Crippen LogP contribution is 2.25. The monoisotopic (exact) mass is 267 g/mol. The molecule has 0 aromatic heterocycles. The molecule has 1 unspecified atom stereocenters. The number of aliphatic hydroxyl groups is 1. The summed E-state index contributed by atoms with van der Waals surface area (Å²) < 4.78 is 10.6. The zero-order valence-corrected chi connectivity index (χ0v) is 11.8. The van der Waals surface area contributed by atoms with Crippen LogP contribution in [0.4, 0.5) is 0 Å². The van der Waals surface area contributed by atoms with E-state index in [0.717, 1.165) is 0 Å². The molecule has 19 heavy (non-hydrogen) atoms. The SMILES string of the molecule is COc1ccc(OC(C)C(=O)NC(C)C)c(CO)c1. The van der Waals surface area contributed by atoms with Crippen LogP contribution in [0, 0.1) is 0 Å². The van der Waals surface area contributed by atoms with Crippen molar-refractivity contribution < 1.29 is 19.4 Å². The number of benzene rings is 1. The fourth-order valence-corrected chi connectivity index (χ4v) is 1.57. The molecule has 1 atom stereocenters. The fourth-order valence-electron chi connectivity index (χ4n) is 1.57. The van der Waals surface area contributed by atoms with Crippen LogP contribution in [0.3, 0.4) is 0 Å². The molecule has 0 bridgehead atoms. The number of carbonyl (C=O) groups is 1. The van der Waals surface area contributed by atoms with Gasteiger partial charge >= 0.3 is 0 Å². The summed E-state index contributed by atoms with van der Waals surface area (Å²) in [6, 6.07) is 5.15. The molecule has 0 saturated carbocycles. The smallest absolute Gasteiger partial charge is 0.260 e. The molecule has 0 spiro atoms. The molecular formula is C14H21NO4. The van der Waals surface area contributed by atoms with E-state index in [9.17, 15) is 9.90 Å². The van der Waals surface area contributed by atoms with E-state index in [0.29, 0.717) is 17.1 Å². The Labute approximate surface area is 113 Å². The molecular weight excluding hydrogens is 246 g/mol. The van der Waals surface area contributed by atoms with Crippen LogP contribution in [0.25, 0.3) is 0 Å². The van der Waals surface area contributed by atoms with Crippen LogP contribution in [0.5, 0.6) is 11.5 Å². The van der Waals surface area contributed by atoms with Crippen LogP contribution >= 0.6 is 0 Å². The minimum absolute atomic E-state index is 0.0618. The average Bonchev–Trinajstić information content (AvgIpc) is 2.38. The first-order valence-electron chi connectivity index (χ1n) is 6.22. The highest BCUT2D eigenvalue weighted by molar-refractivity contribution is 5.80. The maximum Gasteiger partial charge on any atom is 0.260 e. The summed E-state index contributed by atoms with van der Waals surface area (Å²) >= 11 is 0. The van der Waals surface area contributed by atoms with Gasteiger partial charge in [-0.2, -0.15) is 0 Å². The Morgan fingerprint density at radius 2 is 2.05 bits per heavy atom. The molecule has 1 aromatic carbocycles. The third-order valence-electron chi connectivity index (χ3n) is 2.54. The van der Waals surface area contributed by atoms with Gasteiger partial charge in [0.05, 0.1) is 13.7 Å². The molecule has 0 aliphatic heterocycles. The summed E-state index contributed by atoms with van der Waals surface area (Å²) in [7, 11) is 1.55. The second kappa shape index (κ2) is 6.99. The lowest BCUT2D eigenvalue weighted by atomic mass is 10.2. The van der Waals surface area contributed by atoms with Gasteiger partial charge in [0, 0.05) is 11.6 Å². The van der Waals surface area contributed by atoms with Gasteiger partial charge in [0.1, 0.15) is 11.5 Å². The van der Waals surface area contributed by atoms with Crippen molar-refractivity contribution in [3.63, 3.8) is 0 Å². The maximum absolute atomic E-state index is 11.8. The Morgan fingerprint density at radius 1 is 1.37 bits per heavy atom. The predicted octanol–water partition coefficient (Wildman–Crippen LogP) is 1.48. The fraction of sp³-hybridized carbons (Fsp3) is 0.500. The third kappa shape index (κ3) is 4.44. The Balaban J connectivity index is 2.78. The Morgan fingerprint density at radius 3 is 2.58 bits per heavy atom. The normalized spacial score (nSPS) is 12.1. The van der Waals surface area contributed by atoms with E-state index in [1.165, 1.54) is 0 Å². The molecule has 5 heteroatoms. The molecule has 0 heterocycles. The average molecular weight is 267 g/mol. The van der Waals surface area contributed by atoms with Gasteiger partial charge in [-0.15, -0.1) is 0 Å². The number of hydrogen-bond donors (Lipinski definition) is 2. The number of aliphatic hydroxyl groups excluding tert-OH is 1. The molecule has 0 aliphatic carbocycles. The summed E-state index contributed by atoms with van der Waals surface area (Å²) in [6.45, 7) is 5.27. The Bertz CT molecular complexity index is 431. The molecule has 0 radical (unpaired) electrons. The van der Waals surface area contributed by atoms with Gasteiger partial charge in [0.15, 0.2) is 6.10 Å². The van der Waals surface area contributed by atoms with Crippen LogP contribution in [0.1, 0.15) is 26.3 Å². The van der Waals surface area contributed by atoms with E-state index in [1.54, 1.807) is 32.2 Å². The topological polar surface area (TPSA) is 67.8 Å². The highest BCUT2D eigenvalue weighted by atomic mass is 16.5. The summed E-state index contributed by atoms with van der Waals surface area (Å²) in [5.74, 6) is 0.931. The minimum Gasteiger partial charge on any atom is -0.497 e. The molecule has 2 N–H and O–H groups in total. The maximum atomic E-state index is 11.8. The zero-order chi connectivity index (χ0) is 14.4. The van der Waals surface area contributed by atoms with E-state index in [2.05, 4.69) is 5.32 Å². The van der Waals surface area contributed by atoms with Crippen LogP contribution in [0.2, 0.25) is 0 Å². The van der Waals surface area contributed by atoms with Crippen LogP contribution in [-0.2, 0) is 11.4 Å². The number of carbonyl (C=O) groups excluding carboxylic acids is 1. The Hall–Kier alpha value is -1.75. The number of amides is 1. The van der Waals surface area contributed by atoms with Gasteiger partial charge in [-0.1, -0.05) is 0 Å². The molecule has 1 aromatic rings. The van der Waals surface area contributed by atoms with Gasteiger partial charge in [-0.25, -0.2) is 0 Å². The van der Waals surface area contributed by atoms with Crippen molar-refractivity contribution in [1.82, 2.24) is 5.32 Å². The van der Waals surface area contributed by atoms with Crippen LogP contribution in [-0.4, -0.2) is 30.3 Å². The third-order valence-corrected chi connectivity index (χ3v) is 2.54. The number of ether oxygens (including phenoxy) is 2. The lowest BCUT2D eigenvalue weighted by Crippen LogP contribution is -2.40. The van der Waals surface area contributed by atoms with Crippen molar-refractivity contribution in [3.05, 3.63) is 23.8 Å². The van der Waals surface area contributed by atoms with Crippen LogP contribution < -0.4 is 14.8 Å². The molecule has 5 nitrogen and oxygen atoms in total. The summed E-state index contributed by atoms with van der Waals surface area (Å²) in [6.07, 6.45) is -0.624. The first-order valence-corrected chi connectivity index (χ1v) is 6.22. The second-order valence-electron chi connectivity index (χ2n) is 4.56. The predicted molar refractivity (Wildman–Crippen MR) is 72.3 cm³/mol. The quantitative estimate of drug-likeness (QED) is 0.819. The van der Waals surface area contributed by atoms with Gasteiger partial charge < -0.3 is 19.9 Å². The van der Waals surface area contributed by atoms with Gasteiger partial charge in [-0.05, 0) is 39.0 Å². The largest absolute Gasteiger partial charge is 0.497 e. The highest BCUT2D eigenvalue weighted by Gasteiger charge is 2.17. The molecule has 1 rings (SSSR count). The Kier molecular flexibility index (Phi) is 5.63. The van der Waals surface area contributed by atoms with Gasteiger partial charge in [0.25, 0.3) is 5.91 Å². The molecule has 0 aliphatic rings. The van der Waals surface area contributed by atoms with Crippen molar-refractivity contribution in [2.75, 3.05) is 7.11 Å². The van der Waals surface area contributed by atoms with Crippen LogP contribution in [0.15, 0.2) is 18.2 Å². The number of hydrogen-bond acceptors (Lipinski definition) is 4. The van der Waals surface area contributed by atoms with E-state index in [1.807, 2.05) is 13.8 Å². The lowest BCUT2D eigenvalue weighted by molar-refractivity contribution is -0.127. The first kappa shape index (κ1) is 15.3. The van der Waals surface area contributed by atoms with E-state index in [4.69, 9.17) is 9.47 Å². The van der Waals surface area contributed by atoms with Crippen molar-refractivity contribution in [2.45, 2.75) is 39.5 Å². The first-order chi connectivity index (χ1) is 8.97. The molecule has 1 amide bonds. The van der Waals surface area contributed by atoms with E-state index < -0.39 is 6.10 Å². The summed E-state index contributed by atoms with van der Waals surface area (Å²) in [5.41, 5.74) is 0.587. The van der Waals surface area contributed by atoms with Crippen molar-refractivity contribution >= 4 is 5.91 Å². The minimum atomic E-state index is -0.624. The van der Waals surface area contributed by atoms with E-state index in [-0.39, 0.29) is 18.6 Å². The van der Waals surface area contributed by atoms with Gasteiger partial charge in [0.2, 0.25) is 0 Å². The summed E-state index contributed by atoms with van der Waals surface area (Å²) in [4.78, 5) is 11.8. The summed E-state index contributed by atoms with van der Waals surface area (Å²) in [5, 5.41) is 12.1. The van der Waals surface area contributed by atoms with Crippen molar-refractivity contribution in [1.29, 1.82) is 0 Å². The number of nitrogens with one attached hydrogen (secondary N) is 1. The molecule has 0 saturated heterocycles. The number of methoxy groups -OCH3 is 1. The molecule has 106 valence electrons. The second-order valence-corrected chi connectivity index (χ2v) is 4.56. The van der Waals surface area contributed by atoms with Crippen molar-refractivity contribution in [3.8, 4) is 11.5 Å². The number of rotatable bonds is 6. The van der Waals surface area contributed by atoms with E-state index >= 15 is 0 Å². The molecule has 0 fully saturated rings. The standard InChI is InChI=1S/C14H21NO4/c1-9(2)15-14(17)10(3)19-13-6-5-12(18-4)7-11(13)8-16/h5-7,9-10,16H,8H2,1-4H3,(H,15,17).